The molecule has 1 fully saturated rings. The predicted octanol–water partition coefficient (Wildman–Crippen LogP) is 0.968. The number of ether oxygens (including phenoxy) is 1. The van der Waals surface area contributed by atoms with Gasteiger partial charge in [-0.25, -0.2) is 0 Å². The van der Waals surface area contributed by atoms with E-state index < -0.39 is 0 Å². The highest BCUT2D eigenvalue weighted by Gasteiger charge is 2.15. The van der Waals surface area contributed by atoms with E-state index in [1.165, 1.54) is 18.6 Å². The number of thioether (sulfide) groups is 1. The molecule has 0 bridgehead atoms. The molecule has 1 rings (SSSR count). The number of amides is 1. The summed E-state index contributed by atoms with van der Waals surface area (Å²) in [4.78, 5) is 13.6. The summed E-state index contributed by atoms with van der Waals surface area (Å²) in [6.45, 7) is 4.27. The highest BCUT2D eigenvalue weighted by Crippen LogP contribution is 2.01. The number of hydrogen-bond acceptors (Lipinski definition) is 4. The van der Waals surface area contributed by atoms with Gasteiger partial charge in [0.2, 0.25) is 5.91 Å². The molecule has 0 atom stereocenters. The summed E-state index contributed by atoms with van der Waals surface area (Å²) in [5, 5.41) is 3.22. The normalized spacial score (nSPS) is 16.2. The van der Waals surface area contributed by atoms with Crippen molar-refractivity contribution in [2.24, 2.45) is 0 Å². The molecule has 4 nitrogen and oxygen atoms in total. The van der Waals surface area contributed by atoms with E-state index in [0.29, 0.717) is 19.8 Å². The van der Waals surface area contributed by atoms with Crippen molar-refractivity contribution in [3.63, 3.8) is 0 Å². The van der Waals surface area contributed by atoms with Crippen LogP contribution in [0, 0.1) is 0 Å². The van der Waals surface area contributed by atoms with Crippen LogP contribution >= 0.6 is 11.8 Å². The van der Waals surface area contributed by atoms with Gasteiger partial charge in [0.15, 0.2) is 0 Å². The fourth-order valence-electron chi connectivity index (χ4n) is 1.79. The van der Waals surface area contributed by atoms with Crippen LogP contribution in [0.1, 0.15) is 19.3 Å². The van der Waals surface area contributed by atoms with Crippen molar-refractivity contribution in [2.45, 2.75) is 19.3 Å². The van der Waals surface area contributed by atoms with Gasteiger partial charge >= 0.3 is 0 Å². The number of nitrogens with zero attached hydrogens (tertiary/aromatic N) is 1. The van der Waals surface area contributed by atoms with Gasteiger partial charge in [-0.2, -0.15) is 11.8 Å². The van der Waals surface area contributed by atoms with Crippen LogP contribution in [0.5, 0.6) is 0 Å². The zero-order valence-electron chi connectivity index (χ0n) is 10.7. The van der Waals surface area contributed by atoms with E-state index in [1.807, 2.05) is 16.7 Å². The monoisotopic (exact) mass is 260 g/mol. The summed E-state index contributed by atoms with van der Waals surface area (Å²) in [5.74, 6) is 1.45. The molecular weight excluding hydrogens is 236 g/mol. The number of morpholine rings is 1. The minimum atomic E-state index is 0.206. The number of nitrogens with one attached hydrogen (secondary N) is 1. The van der Waals surface area contributed by atoms with Crippen LogP contribution in [0.4, 0.5) is 0 Å². The van der Waals surface area contributed by atoms with Gasteiger partial charge in [-0.1, -0.05) is 6.42 Å². The van der Waals surface area contributed by atoms with Crippen molar-refractivity contribution in [3.05, 3.63) is 0 Å². The number of unbranched alkanes of at least 4 members (excludes halogenated alkanes) is 2. The molecule has 0 saturated carbocycles. The zero-order valence-corrected chi connectivity index (χ0v) is 11.6. The van der Waals surface area contributed by atoms with Crippen molar-refractivity contribution >= 4 is 17.7 Å². The summed E-state index contributed by atoms with van der Waals surface area (Å²) >= 11 is 1.90. The third kappa shape index (κ3) is 6.91. The number of hydrogen-bond donors (Lipinski definition) is 1. The van der Waals surface area contributed by atoms with Gasteiger partial charge in [-0.3, -0.25) is 4.79 Å². The summed E-state index contributed by atoms with van der Waals surface area (Å²) < 4.78 is 5.21. The quantitative estimate of drug-likeness (QED) is 0.660. The Hall–Kier alpha value is -0.260. The smallest absolute Gasteiger partial charge is 0.236 e. The SMILES string of the molecule is CSCCCCCNCC(=O)N1CCOCC1. The topological polar surface area (TPSA) is 41.6 Å². The molecule has 0 aromatic rings. The first-order valence-corrected chi connectivity index (χ1v) is 7.79. The molecule has 0 radical (unpaired) electrons. The minimum Gasteiger partial charge on any atom is -0.378 e. The van der Waals surface area contributed by atoms with Gasteiger partial charge in [0.05, 0.1) is 19.8 Å². The average Bonchev–Trinajstić information content (AvgIpc) is 2.38. The standard InChI is InChI=1S/C12H24N2O2S/c1-17-10-4-2-3-5-13-11-12(15)14-6-8-16-9-7-14/h13H,2-11H2,1H3. The van der Waals surface area contributed by atoms with Gasteiger partial charge in [-0.15, -0.1) is 0 Å². The highest BCUT2D eigenvalue weighted by atomic mass is 32.2. The highest BCUT2D eigenvalue weighted by molar-refractivity contribution is 7.98. The maximum absolute atomic E-state index is 11.7. The lowest BCUT2D eigenvalue weighted by Crippen LogP contribution is -2.44. The summed E-state index contributed by atoms with van der Waals surface area (Å²) in [6, 6.07) is 0. The largest absolute Gasteiger partial charge is 0.378 e. The molecule has 0 spiro atoms. The predicted molar refractivity (Wildman–Crippen MR) is 72.5 cm³/mol. The van der Waals surface area contributed by atoms with E-state index in [2.05, 4.69) is 11.6 Å². The molecule has 1 saturated heterocycles. The Balaban J connectivity index is 1.92. The Morgan fingerprint density at radius 3 is 2.76 bits per heavy atom. The second kappa shape index (κ2) is 9.74. The van der Waals surface area contributed by atoms with Gasteiger partial charge in [0, 0.05) is 13.1 Å². The molecule has 1 heterocycles. The number of rotatable bonds is 8. The molecule has 1 N–H and O–H groups in total. The van der Waals surface area contributed by atoms with Crippen LogP contribution in [0.3, 0.4) is 0 Å². The molecule has 1 aliphatic rings. The molecule has 0 unspecified atom stereocenters. The van der Waals surface area contributed by atoms with E-state index in [4.69, 9.17) is 4.74 Å². The van der Waals surface area contributed by atoms with Crippen LogP contribution in [0.15, 0.2) is 0 Å². The average molecular weight is 260 g/mol. The molecule has 100 valence electrons. The van der Waals surface area contributed by atoms with Crippen LogP contribution in [-0.4, -0.2) is 62.2 Å². The van der Waals surface area contributed by atoms with E-state index in [-0.39, 0.29) is 5.91 Å². The molecule has 17 heavy (non-hydrogen) atoms. The Kier molecular flexibility index (Phi) is 8.48. The van der Waals surface area contributed by atoms with Crippen molar-refractivity contribution in [3.8, 4) is 0 Å². The lowest BCUT2D eigenvalue weighted by Gasteiger charge is -2.26. The maximum Gasteiger partial charge on any atom is 0.236 e. The summed E-state index contributed by atoms with van der Waals surface area (Å²) in [6.07, 6.45) is 5.83. The Labute approximate surface area is 108 Å². The van der Waals surface area contributed by atoms with Gasteiger partial charge in [0.1, 0.15) is 0 Å². The first-order valence-electron chi connectivity index (χ1n) is 6.40. The van der Waals surface area contributed by atoms with Crippen LogP contribution in [0.25, 0.3) is 0 Å². The second-order valence-electron chi connectivity index (χ2n) is 4.22. The van der Waals surface area contributed by atoms with Gasteiger partial charge in [-0.05, 0) is 31.4 Å². The van der Waals surface area contributed by atoms with Crippen LogP contribution in [-0.2, 0) is 9.53 Å². The van der Waals surface area contributed by atoms with Gasteiger partial charge < -0.3 is 15.0 Å². The Morgan fingerprint density at radius 1 is 1.29 bits per heavy atom. The number of carbonyl (C=O) groups excluding carboxylic acids is 1. The molecule has 1 amide bonds. The van der Waals surface area contributed by atoms with Crippen molar-refractivity contribution in [2.75, 3.05) is 51.4 Å². The first-order chi connectivity index (χ1) is 8.34. The van der Waals surface area contributed by atoms with E-state index in [1.54, 1.807) is 0 Å². The minimum absolute atomic E-state index is 0.206. The van der Waals surface area contributed by atoms with E-state index >= 15 is 0 Å². The van der Waals surface area contributed by atoms with Gasteiger partial charge in [0.25, 0.3) is 0 Å². The third-order valence-corrected chi connectivity index (χ3v) is 3.54. The van der Waals surface area contributed by atoms with E-state index in [0.717, 1.165) is 26.1 Å². The molecule has 5 heteroatoms. The molecule has 0 aromatic heterocycles. The lowest BCUT2D eigenvalue weighted by atomic mass is 10.2. The third-order valence-electron chi connectivity index (χ3n) is 2.84. The van der Waals surface area contributed by atoms with Crippen molar-refractivity contribution in [1.29, 1.82) is 0 Å². The van der Waals surface area contributed by atoms with E-state index in [9.17, 15) is 4.79 Å². The Bertz CT molecular complexity index is 209. The Morgan fingerprint density at radius 2 is 2.06 bits per heavy atom. The summed E-state index contributed by atoms with van der Waals surface area (Å²) in [5.41, 5.74) is 0. The molecule has 1 aliphatic heterocycles. The molecule has 0 aromatic carbocycles. The maximum atomic E-state index is 11.7. The molecule has 0 aliphatic carbocycles. The fraction of sp³-hybridized carbons (Fsp3) is 0.917. The number of carbonyl (C=O) groups is 1. The fourth-order valence-corrected chi connectivity index (χ4v) is 2.29. The van der Waals surface area contributed by atoms with Crippen LogP contribution < -0.4 is 5.32 Å². The second-order valence-corrected chi connectivity index (χ2v) is 5.21. The van der Waals surface area contributed by atoms with Crippen LogP contribution in [0.2, 0.25) is 0 Å². The zero-order chi connectivity index (χ0) is 12.3. The van der Waals surface area contributed by atoms with Crippen molar-refractivity contribution in [1.82, 2.24) is 10.2 Å². The summed E-state index contributed by atoms with van der Waals surface area (Å²) in [7, 11) is 0. The molecular formula is C12H24N2O2S. The van der Waals surface area contributed by atoms with Crippen molar-refractivity contribution < 1.29 is 9.53 Å². The lowest BCUT2D eigenvalue weighted by molar-refractivity contribution is -0.134. The first kappa shape index (κ1) is 14.8.